The number of rotatable bonds is 35. The van der Waals surface area contributed by atoms with E-state index >= 15 is 0 Å². The van der Waals surface area contributed by atoms with Gasteiger partial charge in [0.05, 0.1) is 25.4 Å². The number of allylic oxidation sites excluding steroid dienone is 17. The van der Waals surface area contributed by atoms with Gasteiger partial charge in [0.1, 0.15) is 24.4 Å². The van der Waals surface area contributed by atoms with Gasteiger partial charge < -0.3 is 40.3 Å². The van der Waals surface area contributed by atoms with Crippen molar-refractivity contribution >= 4 is 5.91 Å². The largest absolute Gasteiger partial charge is 0.394 e. The molecule has 1 rings (SSSR count). The van der Waals surface area contributed by atoms with Gasteiger partial charge in [0.15, 0.2) is 6.29 Å². The van der Waals surface area contributed by atoms with Crippen LogP contribution in [0.2, 0.25) is 0 Å². The molecule has 0 aromatic heterocycles. The summed E-state index contributed by atoms with van der Waals surface area (Å²) in [7, 11) is 0. The van der Waals surface area contributed by atoms with Crippen LogP contribution in [0.3, 0.4) is 0 Å². The summed E-state index contributed by atoms with van der Waals surface area (Å²) in [5.74, 6) is -0.251. The van der Waals surface area contributed by atoms with Crippen LogP contribution in [0, 0.1) is 0 Å². The second-order valence-electron chi connectivity index (χ2n) is 15.1. The molecule has 1 aliphatic heterocycles. The van der Waals surface area contributed by atoms with Gasteiger partial charge in [0.25, 0.3) is 0 Å². The van der Waals surface area contributed by atoms with E-state index in [1.54, 1.807) is 6.08 Å². The summed E-state index contributed by atoms with van der Waals surface area (Å²) in [6.07, 6.45) is 49.9. The van der Waals surface area contributed by atoms with Crippen LogP contribution in [0.4, 0.5) is 0 Å². The maximum Gasteiger partial charge on any atom is 0.220 e. The highest BCUT2D eigenvalue weighted by Gasteiger charge is 2.44. The van der Waals surface area contributed by atoms with Gasteiger partial charge in [-0.1, -0.05) is 162 Å². The second-order valence-corrected chi connectivity index (χ2v) is 15.1. The Morgan fingerprint density at radius 2 is 1.07 bits per heavy atom. The van der Waals surface area contributed by atoms with Crippen molar-refractivity contribution in [1.29, 1.82) is 0 Å². The van der Waals surface area contributed by atoms with Crippen molar-refractivity contribution in [2.45, 2.75) is 185 Å². The molecule has 1 heterocycles. The third kappa shape index (κ3) is 29.7. The Kier molecular flexibility index (Phi) is 35.6. The minimum atomic E-state index is -1.59. The Hall–Kier alpha value is -3.15. The van der Waals surface area contributed by atoms with Gasteiger partial charge in [-0.2, -0.15) is 0 Å². The maximum absolute atomic E-state index is 12.9. The van der Waals surface area contributed by atoms with Crippen LogP contribution >= 0.6 is 0 Å². The Labute approximate surface area is 357 Å². The topological polar surface area (TPSA) is 149 Å². The van der Waals surface area contributed by atoms with Crippen molar-refractivity contribution in [1.82, 2.24) is 5.32 Å². The molecule has 0 spiro atoms. The van der Waals surface area contributed by atoms with Gasteiger partial charge in [0, 0.05) is 6.42 Å². The Morgan fingerprint density at radius 1 is 0.593 bits per heavy atom. The van der Waals surface area contributed by atoms with Crippen molar-refractivity contribution < 1.29 is 39.8 Å². The molecule has 0 aromatic rings. The molecular weight excluding hydrogens is 743 g/mol. The van der Waals surface area contributed by atoms with Crippen molar-refractivity contribution in [2.75, 3.05) is 13.2 Å². The highest BCUT2D eigenvalue weighted by atomic mass is 16.7. The van der Waals surface area contributed by atoms with E-state index in [1.165, 1.54) is 44.9 Å². The highest BCUT2D eigenvalue weighted by molar-refractivity contribution is 5.76. The van der Waals surface area contributed by atoms with Gasteiger partial charge in [0.2, 0.25) is 5.91 Å². The molecule has 0 bridgehead atoms. The molecule has 1 aliphatic rings. The summed E-state index contributed by atoms with van der Waals surface area (Å²) in [6.45, 7) is 3.56. The average molecular weight is 824 g/mol. The molecule has 0 radical (unpaired) electrons. The first-order valence-corrected chi connectivity index (χ1v) is 22.6. The van der Waals surface area contributed by atoms with Crippen LogP contribution in [0.15, 0.2) is 109 Å². The molecule has 1 fully saturated rings. The van der Waals surface area contributed by atoms with Crippen molar-refractivity contribution in [3.8, 4) is 0 Å². The summed E-state index contributed by atoms with van der Waals surface area (Å²) in [4.78, 5) is 12.9. The van der Waals surface area contributed by atoms with Crippen LogP contribution in [0.5, 0.6) is 0 Å². The normalized spacial score (nSPS) is 21.8. The lowest BCUT2D eigenvalue weighted by Crippen LogP contribution is -2.60. The molecular formula is C50H81NO8. The number of hydrogen-bond acceptors (Lipinski definition) is 8. The Balaban J connectivity index is 2.43. The number of ether oxygens (including phenoxy) is 2. The first kappa shape index (κ1) is 53.9. The van der Waals surface area contributed by atoms with Gasteiger partial charge >= 0.3 is 0 Å². The molecule has 59 heavy (non-hydrogen) atoms. The quantitative estimate of drug-likeness (QED) is 0.0274. The average Bonchev–Trinajstić information content (AvgIpc) is 3.23. The lowest BCUT2D eigenvalue weighted by atomic mass is 9.99. The summed E-state index contributed by atoms with van der Waals surface area (Å²) in [5, 5.41) is 54.0. The van der Waals surface area contributed by atoms with Gasteiger partial charge in [-0.3, -0.25) is 4.79 Å². The predicted molar refractivity (Wildman–Crippen MR) is 244 cm³/mol. The van der Waals surface area contributed by atoms with Gasteiger partial charge in [-0.25, -0.2) is 0 Å². The first-order valence-electron chi connectivity index (χ1n) is 22.6. The van der Waals surface area contributed by atoms with E-state index in [4.69, 9.17) is 9.47 Å². The maximum atomic E-state index is 12.9. The van der Waals surface area contributed by atoms with Gasteiger partial charge in [-0.05, 0) is 83.5 Å². The van der Waals surface area contributed by atoms with E-state index in [0.717, 1.165) is 70.6 Å². The zero-order valence-corrected chi connectivity index (χ0v) is 36.5. The molecule has 1 amide bonds. The third-order valence-electron chi connectivity index (χ3n) is 9.83. The SMILES string of the molecule is CC/C=C\C/C=C\C/C=C\C/C=C\C/C=C\C/C=C\C/C=C\CCCC(=O)NC(COC1OC(CO)C(O)C(O)C1O)C(O)/C=C/CC/C=C/CCCCCCCCC. The van der Waals surface area contributed by atoms with E-state index in [0.29, 0.717) is 6.42 Å². The minimum Gasteiger partial charge on any atom is -0.394 e. The fourth-order valence-corrected chi connectivity index (χ4v) is 6.22. The van der Waals surface area contributed by atoms with Crippen LogP contribution in [0.1, 0.15) is 142 Å². The fraction of sp³-hybridized carbons (Fsp3) is 0.620. The number of nitrogens with one attached hydrogen (secondary N) is 1. The van der Waals surface area contributed by atoms with E-state index in [-0.39, 0.29) is 18.9 Å². The van der Waals surface area contributed by atoms with E-state index in [1.807, 2.05) is 6.08 Å². The van der Waals surface area contributed by atoms with Crippen molar-refractivity contribution in [3.05, 3.63) is 109 Å². The minimum absolute atomic E-state index is 0.232. The second kappa shape index (κ2) is 39.0. The number of aliphatic hydroxyl groups is 5. The monoisotopic (exact) mass is 824 g/mol. The van der Waals surface area contributed by atoms with Crippen LogP contribution < -0.4 is 5.32 Å². The van der Waals surface area contributed by atoms with Crippen LogP contribution in [-0.2, 0) is 14.3 Å². The lowest BCUT2D eigenvalue weighted by Gasteiger charge is -2.40. The summed E-state index contributed by atoms with van der Waals surface area (Å²) in [5.41, 5.74) is 0. The number of unbranched alkanes of at least 4 members (excludes halogenated alkanes) is 9. The smallest absolute Gasteiger partial charge is 0.220 e. The third-order valence-corrected chi connectivity index (χ3v) is 9.83. The van der Waals surface area contributed by atoms with Gasteiger partial charge in [-0.15, -0.1) is 0 Å². The standard InChI is InChI=1S/C50H81NO8/c1-3-5-7-9-11-13-15-17-18-19-20-21-22-23-24-25-26-28-30-32-34-36-38-40-46(54)51-43(42-58-50-49(57)48(56)47(55)45(41-52)59-50)44(53)39-37-35-33-31-29-27-16-14-12-10-8-6-4-2/h5,7,11,13,17-18,20-21,23-24,26,28-29,31-32,34,37,39,43-45,47-50,52-53,55-57H,3-4,6,8-10,12,14-16,19,22,25,27,30,33,35-36,38,40-42H2,1-2H3,(H,51,54)/b7-5-,13-11-,18-17-,21-20-,24-23-,28-26-,31-29+,34-32-,39-37+. The molecule has 7 atom stereocenters. The molecule has 334 valence electrons. The lowest BCUT2D eigenvalue weighted by molar-refractivity contribution is -0.302. The summed E-state index contributed by atoms with van der Waals surface area (Å²) < 4.78 is 11.2. The van der Waals surface area contributed by atoms with E-state index < -0.39 is 49.5 Å². The Bertz CT molecular complexity index is 1280. The number of carbonyl (C=O) groups is 1. The fourth-order valence-electron chi connectivity index (χ4n) is 6.22. The molecule has 0 aromatic carbocycles. The van der Waals surface area contributed by atoms with Crippen molar-refractivity contribution in [2.24, 2.45) is 0 Å². The van der Waals surface area contributed by atoms with E-state index in [2.05, 4.69) is 116 Å². The molecule has 1 saturated heterocycles. The van der Waals surface area contributed by atoms with Crippen molar-refractivity contribution in [3.63, 3.8) is 0 Å². The number of hydrogen-bond donors (Lipinski definition) is 6. The molecule has 6 N–H and O–H groups in total. The predicted octanol–water partition coefficient (Wildman–Crippen LogP) is 9.50. The molecule has 0 aliphatic carbocycles. The molecule has 7 unspecified atom stereocenters. The zero-order valence-electron chi connectivity index (χ0n) is 36.5. The van der Waals surface area contributed by atoms with Crippen LogP contribution in [-0.4, -0.2) is 87.5 Å². The highest BCUT2D eigenvalue weighted by Crippen LogP contribution is 2.22. The number of aliphatic hydroxyl groups excluding tert-OH is 5. The molecule has 9 nitrogen and oxygen atoms in total. The zero-order chi connectivity index (χ0) is 43.0. The number of amides is 1. The summed E-state index contributed by atoms with van der Waals surface area (Å²) in [6, 6.07) is -0.859. The van der Waals surface area contributed by atoms with Crippen LogP contribution in [0.25, 0.3) is 0 Å². The molecule has 9 heteroatoms. The Morgan fingerprint density at radius 3 is 1.63 bits per heavy atom. The first-order chi connectivity index (χ1) is 28.8. The van der Waals surface area contributed by atoms with E-state index in [9.17, 15) is 30.3 Å². The number of carbonyl (C=O) groups excluding carboxylic acids is 1. The molecule has 0 saturated carbocycles. The summed E-state index contributed by atoms with van der Waals surface area (Å²) >= 11 is 0.